The van der Waals surface area contributed by atoms with Crippen LogP contribution >= 0.6 is 0 Å². The maximum atomic E-state index is 11.1. The van der Waals surface area contributed by atoms with Crippen LogP contribution in [0.15, 0.2) is 0 Å². The van der Waals surface area contributed by atoms with E-state index >= 15 is 0 Å². The highest BCUT2D eigenvalue weighted by Gasteiger charge is 2.26. The summed E-state index contributed by atoms with van der Waals surface area (Å²) in [6.07, 6.45) is 4.17. The maximum absolute atomic E-state index is 11.1. The van der Waals surface area contributed by atoms with Gasteiger partial charge in [-0.05, 0) is 32.7 Å². The molecule has 0 amide bonds. The Morgan fingerprint density at radius 2 is 2.39 bits per heavy atom. The van der Waals surface area contributed by atoms with E-state index in [0.717, 1.165) is 37.4 Å². The fraction of sp³-hybridized carbons (Fsp3) is 0.692. The van der Waals surface area contributed by atoms with Crippen LogP contribution in [0.4, 0.5) is 0 Å². The summed E-state index contributed by atoms with van der Waals surface area (Å²) in [7, 11) is 0. The summed E-state index contributed by atoms with van der Waals surface area (Å²) in [4.78, 5) is 15.2. The molecular formula is C13H21N3O2. The molecule has 1 aliphatic rings. The summed E-state index contributed by atoms with van der Waals surface area (Å²) in [5, 5.41) is 12.6. The largest absolute Gasteiger partial charge is 0.476 e. The molecule has 5 nitrogen and oxygen atoms in total. The zero-order valence-corrected chi connectivity index (χ0v) is 11.1. The van der Waals surface area contributed by atoms with E-state index in [2.05, 4.69) is 21.8 Å². The average Bonchev–Trinajstić information content (AvgIpc) is 2.67. The molecule has 0 fully saturated rings. The van der Waals surface area contributed by atoms with Crippen LogP contribution in [0.1, 0.15) is 48.2 Å². The third kappa shape index (κ3) is 2.56. The van der Waals surface area contributed by atoms with Crippen molar-refractivity contribution in [3.05, 3.63) is 17.2 Å². The van der Waals surface area contributed by atoms with E-state index in [9.17, 15) is 4.79 Å². The van der Waals surface area contributed by atoms with Gasteiger partial charge in [0.15, 0.2) is 5.69 Å². The molecule has 1 unspecified atom stereocenters. The van der Waals surface area contributed by atoms with Crippen molar-refractivity contribution in [2.45, 2.75) is 52.1 Å². The van der Waals surface area contributed by atoms with Gasteiger partial charge in [-0.15, -0.1) is 0 Å². The van der Waals surface area contributed by atoms with Gasteiger partial charge in [0.1, 0.15) is 5.82 Å². The monoisotopic (exact) mass is 251 g/mol. The summed E-state index contributed by atoms with van der Waals surface area (Å²) in [5.74, 6) is -0.103. The SMILES string of the molecule is CCCCNC1CCc2c(C(=O)O)nc(C)n2C1. The van der Waals surface area contributed by atoms with E-state index in [1.54, 1.807) is 0 Å². The van der Waals surface area contributed by atoms with Gasteiger partial charge in [0.2, 0.25) is 0 Å². The Morgan fingerprint density at radius 1 is 1.61 bits per heavy atom. The van der Waals surface area contributed by atoms with Crippen LogP contribution in [-0.4, -0.2) is 33.2 Å². The third-order valence-electron chi connectivity index (χ3n) is 3.56. The van der Waals surface area contributed by atoms with Gasteiger partial charge in [-0.3, -0.25) is 0 Å². The molecule has 18 heavy (non-hydrogen) atoms. The van der Waals surface area contributed by atoms with Crippen molar-refractivity contribution in [3.8, 4) is 0 Å². The topological polar surface area (TPSA) is 67.2 Å². The minimum atomic E-state index is -0.913. The van der Waals surface area contributed by atoms with E-state index < -0.39 is 5.97 Å². The summed E-state index contributed by atoms with van der Waals surface area (Å²) >= 11 is 0. The minimum Gasteiger partial charge on any atom is -0.476 e. The number of nitrogens with one attached hydrogen (secondary N) is 1. The van der Waals surface area contributed by atoms with Gasteiger partial charge >= 0.3 is 5.97 Å². The van der Waals surface area contributed by atoms with Crippen LogP contribution in [0.5, 0.6) is 0 Å². The second-order valence-corrected chi connectivity index (χ2v) is 4.91. The predicted octanol–water partition coefficient (Wildman–Crippen LogP) is 1.59. The number of imidazole rings is 1. The number of unbranched alkanes of at least 4 members (excludes halogenated alkanes) is 1. The van der Waals surface area contributed by atoms with E-state index in [4.69, 9.17) is 5.11 Å². The van der Waals surface area contributed by atoms with Gasteiger partial charge in [0, 0.05) is 12.6 Å². The van der Waals surface area contributed by atoms with Gasteiger partial charge < -0.3 is 15.0 Å². The van der Waals surface area contributed by atoms with Crippen molar-refractivity contribution in [2.75, 3.05) is 6.54 Å². The zero-order chi connectivity index (χ0) is 13.1. The molecule has 0 saturated heterocycles. The van der Waals surface area contributed by atoms with Crippen LogP contribution in [0.2, 0.25) is 0 Å². The lowest BCUT2D eigenvalue weighted by molar-refractivity contribution is 0.0689. The van der Waals surface area contributed by atoms with E-state index in [1.165, 1.54) is 12.8 Å². The smallest absolute Gasteiger partial charge is 0.356 e. The molecule has 0 aliphatic carbocycles. The van der Waals surface area contributed by atoms with Crippen molar-refractivity contribution < 1.29 is 9.90 Å². The second kappa shape index (κ2) is 5.52. The van der Waals surface area contributed by atoms with Crippen LogP contribution in [0.3, 0.4) is 0 Å². The number of hydrogen-bond donors (Lipinski definition) is 2. The minimum absolute atomic E-state index is 0.236. The molecule has 0 spiro atoms. The molecule has 1 aromatic heterocycles. The summed E-state index contributed by atoms with van der Waals surface area (Å²) < 4.78 is 2.05. The molecule has 0 radical (unpaired) electrons. The zero-order valence-electron chi connectivity index (χ0n) is 11.1. The highest BCUT2D eigenvalue weighted by molar-refractivity contribution is 5.86. The standard InChI is InChI=1S/C13H21N3O2/c1-3-4-7-14-10-5-6-11-12(13(17)18)15-9(2)16(11)8-10/h10,14H,3-8H2,1-2H3,(H,17,18). The highest BCUT2D eigenvalue weighted by Crippen LogP contribution is 2.21. The lowest BCUT2D eigenvalue weighted by atomic mass is 10.0. The quantitative estimate of drug-likeness (QED) is 0.780. The number of fused-ring (bicyclic) bond motifs is 1. The van der Waals surface area contributed by atoms with Gasteiger partial charge in [-0.2, -0.15) is 0 Å². The van der Waals surface area contributed by atoms with Crippen molar-refractivity contribution in [3.63, 3.8) is 0 Å². The number of aromatic nitrogens is 2. The van der Waals surface area contributed by atoms with E-state index in [-0.39, 0.29) is 5.69 Å². The Kier molecular flexibility index (Phi) is 4.01. The molecule has 1 aliphatic heterocycles. The lowest BCUT2D eigenvalue weighted by Gasteiger charge is -2.26. The Labute approximate surface area is 107 Å². The Morgan fingerprint density at radius 3 is 3.06 bits per heavy atom. The van der Waals surface area contributed by atoms with Crippen LogP contribution in [0, 0.1) is 6.92 Å². The first-order valence-corrected chi connectivity index (χ1v) is 6.66. The average molecular weight is 251 g/mol. The number of carboxylic acid groups (broad SMARTS) is 1. The molecule has 1 atom stereocenters. The first-order valence-electron chi connectivity index (χ1n) is 6.66. The molecule has 0 aromatic carbocycles. The Hall–Kier alpha value is -1.36. The number of hydrogen-bond acceptors (Lipinski definition) is 3. The predicted molar refractivity (Wildman–Crippen MR) is 68.9 cm³/mol. The number of aromatic carboxylic acids is 1. The molecule has 2 heterocycles. The third-order valence-corrected chi connectivity index (χ3v) is 3.56. The molecule has 100 valence electrons. The summed E-state index contributed by atoms with van der Waals surface area (Å²) in [5.41, 5.74) is 1.12. The van der Waals surface area contributed by atoms with Gasteiger partial charge in [-0.1, -0.05) is 13.3 Å². The van der Waals surface area contributed by atoms with Crippen LogP contribution in [-0.2, 0) is 13.0 Å². The normalized spacial score (nSPS) is 18.7. The molecule has 1 aromatic rings. The van der Waals surface area contributed by atoms with E-state index in [1.807, 2.05) is 6.92 Å². The van der Waals surface area contributed by atoms with Gasteiger partial charge in [0.05, 0.1) is 5.69 Å². The van der Waals surface area contributed by atoms with Crippen molar-refractivity contribution in [1.82, 2.24) is 14.9 Å². The molecule has 0 saturated carbocycles. The maximum Gasteiger partial charge on any atom is 0.356 e. The molecule has 0 bridgehead atoms. The summed E-state index contributed by atoms with van der Waals surface area (Å²) in [6, 6.07) is 0.443. The summed E-state index contributed by atoms with van der Waals surface area (Å²) in [6.45, 7) is 5.94. The van der Waals surface area contributed by atoms with E-state index in [0.29, 0.717) is 6.04 Å². The van der Waals surface area contributed by atoms with Crippen molar-refractivity contribution in [1.29, 1.82) is 0 Å². The van der Waals surface area contributed by atoms with Crippen molar-refractivity contribution in [2.24, 2.45) is 0 Å². The highest BCUT2D eigenvalue weighted by atomic mass is 16.4. The molecule has 2 rings (SSSR count). The van der Waals surface area contributed by atoms with Crippen LogP contribution < -0.4 is 5.32 Å². The molecular weight excluding hydrogens is 230 g/mol. The number of rotatable bonds is 5. The van der Waals surface area contributed by atoms with Crippen molar-refractivity contribution >= 4 is 5.97 Å². The fourth-order valence-corrected chi connectivity index (χ4v) is 2.55. The van der Waals surface area contributed by atoms with Gasteiger partial charge in [-0.25, -0.2) is 9.78 Å². The van der Waals surface area contributed by atoms with Gasteiger partial charge in [0.25, 0.3) is 0 Å². The number of carbonyl (C=O) groups is 1. The Bertz CT molecular complexity index is 440. The molecule has 5 heteroatoms. The van der Waals surface area contributed by atoms with Crippen LogP contribution in [0.25, 0.3) is 0 Å². The first-order chi connectivity index (χ1) is 8.63. The number of nitrogens with zero attached hydrogens (tertiary/aromatic N) is 2. The first kappa shape index (κ1) is 13.1. The Balaban J connectivity index is 2.08. The fourth-order valence-electron chi connectivity index (χ4n) is 2.55. The molecule has 2 N–H and O–H groups in total. The number of aryl methyl sites for hydroxylation is 1. The number of carboxylic acids is 1. The second-order valence-electron chi connectivity index (χ2n) is 4.91. The lowest BCUT2D eigenvalue weighted by Crippen LogP contribution is -2.38.